The van der Waals surface area contributed by atoms with Gasteiger partial charge in [0, 0.05) is 106 Å². The highest BCUT2D eigenvalue weighted by atomic mass is 35.5. The Morgan fingerprint density at radius 3 is 2.36 bits per heavy atom. The molecule has 9 rings (SSSR count). The largest absolute Gasteiger partial charge is 0.489 e. The number of aromatic nitrogens is 4. The Morgan fingerprint density at radius 2 is 1.67 bits per heavy atom. The highest BCUT2D eigenvalue weighted by molar-refractivity contribution is 6.31. The topological polar surface area (TPSA) is 182 Å². The summed E-state index contributed by atoms with van der Waals surface area (Å²) in [6.45, 7) is 17.4. The average Bonchev–Trinajstić information content (AvgIpc) is 3.76. The van der Waals surface area contributed by atoms with Crippen LogP contribution in [0, 0.1) is 28.1 Å². The van der Waals surface area contributed by atoms with Crippen molar-refractivity contribution >= 4 is 51.7 Å². The zero-order chi connectivity index (χ0) is 44.9. The number of nitriles is 1. The molecule has 4 aromatic rings. The van der Waals surface area contributed by atoms with E-state index in [4.69, 9.17) is 21.3 Å². The van der Waals surface area contributed by atoms with E-state index >= 15 is 0 Å². The first kappa shape index (κ1) is 43.6. The second-order valence-corrected chi connectivity index (χ2v) is 19.8. The van der Waals surface area contributed by atoms with E-state index in [0.29, 0.717) is 44.8 Å². The molecular formula is C47H56ClN11O5. The Balaban J connectivity index is 0.710. The van der Waals surface area contributed by atoms with Crippen molar-refractivity contribution in [3.05, 3.63) is 81.2 Å². The number of anilines is 2. The maximum atomic E-state index is 13.5. The minimum atomic E-state index is -0.839. The number of carbonyl (C=O) groups excluding carboxylic acids is 3. The highest BCUT2D eigenvalue weighted by Crippen LogP contribution is 2.55. The van der Waals surface area contributed by atoms with Crippen LogP contribution in [0.5, 0.6) is 5.75 Å². The summed E-state index contributed by atoms with van der Waals surface area (Å²) in [4.78, 5) is 65.4. The number of halogens is 1. The molecule has 4 aliphatic heterocycles. The number of pyridine rings is 1. The van der Waals surface area contributed by atoms with Crippen LogP contribution in [-0.4, -0.2) is 125 Å². The number of fused-ring (bicyclic) bond motifs is 1. The van der Waals surface area contributed by atoms with Crippen molar-refractivity contribution < 1.29 is 19.1 Å². The fraction of sp³-hybridized carbons (Fsp3) is 0.532. The summed E-state index contributed by atoms with van der Waals surface area (Å²) in [6, 6.07) is 16.2. The zero-order valence-corrected chi connectivity index (χ0v) is 37.7. The van der Waals surface area contributed by atoms with Gasteiger partial charge in [-0.3, -0.25) is 29.4 Å². The third-order valence-electron chi connectivity index (χ3n) is 14.5. The van der Waals surface area contributed by atoms with Gasteiger partial charge in [0.05, 0.1) is 21.5 Å². The van der Waals surface area contributed by atoms with Gasteiger partial charge in [-0.2, -0.15) is 9.94 Å². The first-order chi connectivity index (χ1) is 30.7. The number of piperazine rings is 1. The Bertz CT molecular complexity index is 2530. The second kappa shape index (κ2) is 17.4. The normalized spacial score (nSPS) is 25.1. The van der Waals surface area contributed by atoms with Crippen LogP contribution in [0.2, 0.25) is 5.02 Å². The number of benzene rings is 2. The molecule has 1 aliphatic carbocycles. The van der Waals surface area contributed by atoms with Crippen molar-refractivity contribution in [3.63, 3.8) is 0 Å². The van der Waals surface area contributed by atoms with Crippen LogP contribution in [0.25, 0.3) is 10.9 Å². The van der Waals surface area contributed by atoms with Crippen molar-refractivity contribution in [2.45, 2.75) is 84.0 Å². The van der Waals surface area contributed by atoms with Gasteiger partial charge in [-0.15, -0.1) is 5.10 Å². The number of nitrogens with zero attached hydrogens (tertiary/aromatic N) is 9. The van der Waals surface area contributed by atoms with E-state index in [9.17, 15) is 24.4 Å². The van der Waals surface area contributed by atoms with E-state index < -0.39 is 11.9 Å². The summed E-state index contributed by atoms with van der Waals surface area (Å²) >= 11 is 6.26. The summed E-state index contributed by atoms with van der Waals surface area (Å²) in [7, 11) is 0. The maximum absolute atomic E-state index is 13.5. The summed E-state index contributed by atoms with van der Waals surface area (Å²) in [5.74, 6) is 1.04. The number of carbonyl (C=O) groups is 3. The van der Waals surface area contributed by atoms with Crippen molar-refractivity contribution in [2.75, 3.05) is 68.7 Å². The van der Waals surface area contributed by atoms with Gasteiger partial charge in [-0.1, -0.05) is 44.5 Å². The zero-order valence-electron chi connectivity index (χ0n) is 36.9. The third kappa shape index (κ3) is 8.41. The predicted molar refractivity (Wildman–Crippen MR) is 242 cm³/mol. The molecule has 0 radical (unpaired) electrons. The fourth-order valence-electron chi connectivity index (χ4n) is 11.2. The minimum Gasteiger partial charge on any atom is -0.489 e. The van der Waals surface area contributed by atoms with Gasteiger partial charge in [0.2, 0.25) is 5.91 Å². The van der Waals surface area contributed by atoms with E-state index in [1.165, 1.54) is 0 Å². The molecule has 336 valence electrons. The number of amides is 3. The number of piperidine rings is 2. The van der Waals surface area contributed by atoms with Crippen LogP contribution in [0.3, 0.4) is 0 Å². The second-order valence-electron chi connectivity index (χ2n) is 19.4. The lowest BCUT2D eigenvalue weighted by atomic mass is 9.49. The smallest absolute Gasteiger partial charge is 0.278 e. The van der Waals surface area contributed by atoms with E-state index in [1.807, 2.05) is 24.3 Å². The number of nitrogens with one attached hydrogen (secondary N) is 2. The summed E-state index contributed by atoms with van der Waals surface area (Å²) in [5.41, 5.74) is 1.34. The molecule has 4 saturated heterocycles. The van der Waals surface area contributed by atoms with E-state index in [-0.39, 0.29) is 53.2 Å². The van der Waals surface area contributed by atoms with Crippen molar-refractivity contribution in [1.29, 1.82) is 5.26 Å². The molecular weight excluding hydrogens is 834 g/mol. The van der Waals surface area contributed by atoms with E-state index in [0.717, 1.165) is 94.4 Å². The van der Waals surface area contributed by atoms with E-state index in [2.05, 4.69) is 74.3 Å². The molecule has 5 fully saturated rings. The number of imide groups is 1. The van der Waals surface area contributed by atoms with Gasteiger partial charge in [-0.05, 0) is 74.1 Å². The summed E-state index contributed by atoms with van der Waals surface area (Å²) in [5, 5.41) is 23.9. The first-order valence-electron chi connectivity index (χ1n) is 22.5. The quantitative estimate of drug-likeness (QED) is 0.214. The van der Waals surface area contributed by atoms with Gasteiger partial charge in [0.25, 0.3) is 17.4 Å². The van der Waals surface area contributed by atoms with Gasteiger partial charge >= 0.3 is 0 Å². The van der Waals surface area contributed by atoms with Crippen molar-refractivity contribution in [3.8, 4) is 11.8 Å². The molecule has 0 spiro atoms. The lowest BCUT2D eigenvalue weighted by Gasteiger charge is -2.63. The Hall–Kier alpha value is -5.63. The number of ether oxygens (including phenoxy) is 1. The van der Waals surface area contributed by atoms with Crippen LogP contribution in [0.4, 0.5) is 11.5 Å². The van der Waals surface area contributed by atoms with Crippen LogP contribution < -0.4 is 30.7 Å². The standard InChI is InChI=1S/C47H56ClN11O5/c1-46(2)44(47(3,4)45(46)64-34-8-5-30(25-49)36(48)24-34)52-41(61)31-6-11-39(50-26-31)58-16-13-29(28-58)27-55-19-21-57(22-20-55)32-14-17-56(18-15-32)33-7-9-35-37(23-33)53-54-59(43(35)63)38-10-12-40(60)51-42(38)62/h5-9,11,23-24,26,29,32,38,44-45H,10,12-22,27-28H2,1-4H3,(H,52,61)(H,51,60,62)/t29-,38?,44?,45?/m1/s1. The SMILES string of the molecule is CC1(C)C(NC(=O)c2ccc(N3CC[C@H](CN4CCN(C5CCN(c6ccc7c(=O)n(C8CCC(=O)NC8=O)nnc7c6)CC5)CC4)C3)nc2)C(C)(C)C1Oc1ccc(C#N)c(Cl)c1. The summed E-state index contributed by atoms with van der Waals surface area (Å²) in [6.07, 6.45) is 5.13. The van der Waals surface area contributed by atoms with Crippen LogP contribution in [0.1, 0.15) is 81.8 Å². The number of hydrogen-bond donors (Lipinski definition) is 2. The Morgan fingerprint density at radius 1 is 0.922 bits per heavy atom. The molecule has 2 aromatic heterocycles. The lowest BCUT2D eigenvalue weighted by molar-refractivity contribution is -0.164. The molecule has 1 unspecified atom stereocenters. The van der Waals surface area contributed by atoms with Gasteiger partial charge in [-0.25, -0.2) is 4.98 Å². The van der Waals surface area contributed by atoms with E-state index in [1.54, 1.807) is 30.5 Å². The average molecular weight is 890 g/mol. The maximum Gasteiger partial charge on any atom is 0.278 e. The number of hydrogen-bond acceptors (Lipinski definition) is 13. The molecule has 0 bridgehead atoms. The summed E-state index contributed by atoms with van der Waals surface area (Å²) < 4.78 is 7.49. The molecule has 2 atom stereocenters. The molecule has 64 heavy (non-hydrogen) atoms. The molecule has 16 nitrogen and oxygen atoms in total. The number of rotatable bonds is 10. The first-order valence-corrected chi connectivity index (χ1v) is 22.9. The fourth-order valence-corrected chi connectivity index (χ4v) is 11.4. The minimum absolute atomic E-state index is 0.138. The molecule has 6 heterocycles. The highest BCUT2D eigenvalue weighted by Gasteiger charge is 2.64. The molecule has 17 heteroatoms. The van der Waals surface area contributed by atoms with Crippen molar-refractivity contribution in [2.24, 2.45) is 16.7 Å². The van der Waals surface area contributed by atoms with Gasteiger partial charge in [0.15, 0.2) is 0 Å². The van der Waals surface area contributed by atoms with Crippen molar-refractivity contribution in [1.82, 2.24) is 40.4 Å². The van der Waals surface area contributed by atoms with Gasteiger partial charge in [0.1, 0.15) is 35.3 Å². The predicted octanol–water partition coefficient (Wildman–Crippen LogP) is 4.41. The lowest BCUT2D eigenvalue weighted by Crippen LogP contribution is -2.74. The van der Waals surface area contributed by atoms with Gasteiger partial charge < -0.3 is 24.8 Å². The van der Waals surface area contributed by atoms with Crippen LogP contribution >= 0.6 is 11.6 Å². The van der Waals surface area contributed by atoms with Crippen LogP contribution in [0.15, 0.2) is 59.5 Å². The Kier molecular flexibility index (Phi) is 11.9. The molecule has 2 aromatic carbocycles. The molecule has 2 N–H and O–H groups in total. The molecule has 1 saturated carbocycles. The Labute approximate surface area is 377 Å². The molecule has 3 amide bonds. The monoisotopic (exact) mass is 889 g/mol. The van der Waals surface area contributed by atoms with Crippen LogP contribution in [-0.2, 0) is 9.59 Å². The molecule has 5 aliphatic rings. The third-order valence-corrected chi connectivity index (χ3v) is 14.8.